The predicted molar refractivity (Wildman–Crippen MR) is 117 cm³/mol. The van der Waals surface area contributed by atoms with E-state index in [0.29, 0.717) is 29.2 Å². The molecule has 27 heavy (non-hydrogen) atoms. The van der Waals surface area contributed by atoms with Gasteiger partial charge in [0.25, 0.3) is 0 Å². The second kappa shape index (κ2) is 12.1. The first-order chi connectivity index (χ1) is 13.1. The molecule has 9 heteroatoms. The average Bonchev–Trinajstić information content (AvgIpc) is 3.20. The Morgan fingerprint density at radius 3 is 2.63 bits per heavy atom. The van der Waals surface area contributed by atoms with Gasteiger partial charge in [-0.2, -0.15) is 11.8 Å². The number of rotatable bonds is 12. The van der Waals surface area contributed by atoms with E-state index in [9.17, 15) is 14.4 Å². The zero-order valence-electron chi connectivity index (χ0n) is 15.8. The van der Waals surface area contributed by atoms with Gasteiger partial charge in [-0.1, -0.05) is 41.9 Å². The summed E-state index contributed by atoms with van der Waals surface area (Å²) in [5.41, 5.74) is 5.49. The highest BCUT2D eigenvalue weighted by Crippen LogP contribution is 2.33. The number of nitrogens with two attached hydrogens (primary N) is 1. The van der Waals surface area contributed by atoms with Crippen LogP contribution in [0.1, 0.15) is 51.4 Å². The van der Waals surface area contributed by atoms with Crippen LogP contribution in [0.2, 0.25) is 0 Å². The molecule has 7 nitrogen and oxygen atoms in total. The van der Waals surface area contributed by atoms with Crippen LogP contribution in [0.3, 0.4) is 0 Å². The average molecular weight is 510 g/mol. The smallest absolute Gasteiger partial charge is 0.315 e. The van der Waals surface area contributed by atoms with Gasteiger partial charge in [-0.05, 0) is 32.2 Å². The number of imide groups is 1. The number of halogens is 1. The fourth-order valence-electron chi connectivity index (χ4n) is 3.63. The van der Waals surface area contributed by atoms with Gasteiger partial charge in [0.1, 0.15) is 0 Å². The van der Waals surface area contributed by atoms with Crippen LogP contribution in [-0.2, 0) is 9.59 Å². The first-order valence-corrected chi connectivity index (χ1v) is 12.4. The van der Waals surface area contributed by atoms with Gasteiger partial charge >= 0.3 is 6.03 Å². The molecule has 0 unspecified atom stereocenters. The third-order valence-electron chi connectivity index (χ3n) is 5.12. The largest absolute Gasteiger partial charge is 0.332 e. The number of urea groups is 1. The van der Waals surface area contributed by atoms with Crippen molar-refractivity contribution < 1.29 is 14.4 Å². The second-order valence-electron chi connectivity index (χ2n) is 7.14. The SMILES string of the molecule is NCCCCCCN(C(=O)CI)C(=O)CCCC[C@H]1SC[C@@H]2NC(=O)N[C@@H]21. The zero-order valence-corrected chi connectivity index (χ0v) is 18.7. The standard InChI is InChI=1S/C18H31IN4O3S/c19-11-16(25)23(10-6-2-1-5-9-20)15(24)8-4-3-7-14-17-13(12-27-14)21-18(26)22-17/h13-14,17H,1-12,20H2,(H2,21,22,26)/t13-,14+,17-/m0/s1. The third-order valence-corrected chi connectivity index (χ3v) is 7.28. The lowest BCUT2D eigenvalue weighted by molar-refractivity contribution is -0.143. The number of hydrogen-bond acceptors (Lipinski definition) is 5. The number of unbranched alkanes of at least 4 members (excludes halogenated alkanes) is 4. The van der Waals surface area contributed by atoms with Gasteiger partial charge in [0.2, 0.25) is 11.8 Å². The van der Waals surface area contributed by atoms with Crippen LogP contribution in [-0.4, -0.2) is 63.3 Å². The Kier molecular flexibility index (Phi) is 10.2. The van der Waals surface area contributed by atoms with Crippen LogP contribution >= 0.6 is 34.4 Å². The minimum absolute atomic E-state index is 0.0525. The van der Waals surface area contributed by atoms with E-state index in [-0.39, 0.29) is 29.9 Å². The quantitative estimate of drug-likeness (QED) is 0.161. The molecule has 4 amide bonds. The maximum Gasteiger partial charge on any atom is 0.315 e. The summed E-state index contributed by atoms with van der Waals surface area (Å²) < 4.78 is 0.334. The molecule has 2 aliphatic heterocycles. The van der Waals surface area contributed by atoms with Crippen LogP contribution < -0.4 is 16.4 Å². The Morgan fingerprint density at radius 2 is 1.89 bits per heavy atom. The number of carbonyl (C=O) groups is 3. The molecule has 0 aromatic rings. The monoisotopic (exact) mass is 510 g/mol. The molecule has 0 spiro atoms. The highest BCUT2D eigenvalue weighted by molar-refractivity contribution is 14.1. The van der Waals surface area contributed by atoms with Crippen LogP contribution in [0.25, 0.3) is 0 Å². The zero-order chi connectivity index (χ0) is 19.6. The molecule has 0 bridgehead atoms. The van der Waals surface area contributed by atoms with E-state index in [1.165, 1.54) is 4.90 Å². The van der Waals surface area contributed by atoms with Crippen molar-refractivity contribution in [3.8, 4) is 0 Å². The molecule has 2 heterocycles. The third kappa shape index (κ3) is 7.08. The summed E-state index contributed by atoms with van der Waals surface area (Å²) in [7, 11) is 0. The fourth-order valence-corrected chi connectivity index (χ4v) is 5.58. The minimum Gasteiger partial charge on any atom is -0.332 e. The Hall–Kier alpha value is -0.550. The number of nitrogens with one attached hydrogen (secondary N) is 2. The molecule has 2 aliphatic rings. The van der Waals surface area contributed by atoms with Gasteiger partial charge < -0.3 is 16.4 Å². The van der Waals surface area contributed by atoms with Crippen molar-refractivity contribution in [2.24, 2.45) is 5.73 Å². The molecule has 2 saturated heterocycles. The number of carbonyl (C=O) groups excluding carboxylic acids is 3. The van der Waals surface area contributed by atoms with Crippen molar-refractivity contribution >= 4 is 52.2 Å². The van der Waals surface area contributed by atoms with Crippen molar-refractivity contribution in [3.63, 3.8) is 0 Å². The van der Waals surface area contributed by atoms with Crippen LogP contribution in [0.15, 0.2) is 0 Å². The fraction of sp³-hybridized carbons (Fsp3) is 0.833. The lowest BCUT2D eigenvalue weighted by Gasteiger charge is -2.20. The van der Waals surface area contributed by atoms with Crippen LogP contribution in [0.4, 0.5) is 4.79 Å². The summed E-state index contributed by atoms with van der Waals surface area (Å²) in [6.45, 7) is 1.21. The maximum absolute atomic E-state index is 12.5. The van der Waals surface area contributed by atoms with E-state index >= 15 is 0 Å². The Labute approximate surface area is 179 Å². The number of hydrogen-bond donors (Lipinski definition) is 3. The molecule has 0 aromatic heterocycles. The summed E-state index contributed by atoms with van der Waals surface area (Å²) in [5.74, 6) is 0.811. The van der Waals surface area contributed by atoms with Crippen molar-refractivity contribution in [1.82, 2.24) is 15.5 Å². The summed E-state index contributed by atoms with van der Waals surface area (Å²) >= 11 is 3.91. The summed E-state index contributed by atoms with van der Waals surface area (Å²) in [6, 6.07) is 0.388. The summed E-state index contributed by atoms with van der Waals surface area (Å²) in [4.78, 5) is 37.4. The van der Waals surface area contributed by atoms with Gasteiger partial charge in [0, 0.05) is 24.0 Å². The molecule has 0 radical (unpaired) electrons. The molecule has 4 N–H and O–H groups in total. The normalized spacial score (nSPS) is 23.6. The van der Waals surface area contributed by atoms with E-state index < -0.39 is 0 Å². The topological polar surface area (TPSA) is 105 Å². The number of nitrogens with zero attached hydrogens (tertiary/aromatic N) is 1. The predicted octanol–water partition coefficient (Wildman–Crippen LogP) is 2.02. The Balaban J connectivity index is 1.66. The van der Waals surface area contributed by atoms with Crippen molar-refractivity contribution in [3.05, 3.63) is 0 Å². The Morgan fingerprint density at radius 1 is 1.11 bits per heavy atom. The molecule has 0 aliphatic carbocycles. The lowest BCUT2D eigenvalue weighted by atomic mass is 10.0. The Bertz CT molecular complexity index is 523. The van der Waals surface area contributed by atoms with Crippen LogP contribution in [0.5, 0.6) is 0 Å². The second-order valence-corrected chi connectivity index (χ2v) is 9.18. The van der Waals surface area contributed by atoms with E-state index in [1.807, 2.05) is 34.4 Å². The van der Waals surface area contributed by atoms with E-state index in [2.05, 4.69) is 10.6 Å². The first kappa shape index (κ1) is 22.7. The maximum atomic E-state index is 12.5. The summed E-state index contributed by atoms with van der Waals surface area (Å²) in [5, 5.41) is 6.35. The molecule has 0 aromatic carbocycles. The van der Waals surface area contributed by atoms with Crippen molar-refractivity contribution in [2.45, 2.75) is 68.7 Å². The van der Waals surface area contributed by atoms with Crippen LogP contribution in [0, 0.1) is 0 Å². The molecule has 154 valence electrons. The number of amides is 4. The first-order valence-electron chi connectivity index (χ1n) is 9.84. The lowest BCUT2D eigenvalue weighted by Crippen LogP contribution is -2.38. The number of fused-ring (bicyclic) bond motifs is 1. The molecular weight excluding hydrogens is 479 g/mol. The van der Waals surface area contributed by atoms with Gasteiger partial charge in [0.15, 0.2) is 0 Å². The van der Waals surface area contributed by atoms with Gasteiger partial charge in [-0.3, -0.25) is 14.5 Å². The van der Waals surface area contributed by atoms with Gasteiger partial charge in [-0.25, -0.2) is 4.79 Å². The molecular formula is C18H31IN4O3S. The van der Waals surface area contributed by atoms with Crippen molar-refractivity contribution in [1.29, 1.82) is 0 Å². The van der Waals surface area contributed by atoms with Gasteiger partial charge in [-0.15, -0.1) is 0 Å². The van der Waals surface area contributed by atoms with E-state index in [1.54, 1.807) is 0 Å². The van der Waals surface area contributed by atoms with E-state index in [0.717, 1.165) is 50.7 Å². The minimum atomic E-state index is -0.0895. The molecule has 3 atom stereocenters. The number of alkyl halides is 1. The van der Waals surface area contributed by atoms with E-state index in [4.69, 9.17) is 5.73 Å². The molecule has 2 rings (SSSR count). The van der Waals surface area contributed by atoms with Crippen molar-refractivity contribution in [2.75, 3.05) is 23.3 Å². The highest BCUT2D eigenvalue weighted by Gasteiger charge is 2.42. The molecule has 2 fully saturated rings. The molecule has 0 saturated carbocycles. The number of thioether (sulfide) groups is 1. The summed E-state index contributed by atoms with van der Waals surface area (Å²) in [6.07, 6.45) is 7.01. The highest BCUT2D eigenvalue weighted by atomic mass is 127. The van der Waals surface area contributed by atoms with Gasteiger partial charge in [0.05, 0.1) is 16.5 Å².